The molecule has 2 heterocycles. The topological polar surface area (TPSA) is 123 Å². The van der Waals surface area contributed by atoms with Crippen molar-refractivity contribution < 1.29 is 33.4 Å². The molecule has 0 bridgehead atoms. The van der Waals surface area contributed by atoms with Crippen LogP contribution in [-0.2, 0) is 19.1 Å². The van der Waals surface area contributed by atoms with Crippen LogP contribution in [0.1, 0.15) is 16.8 Å². The minimum absolute atomic E-state index is 0.0395. The number of benzene rings is 2. The summed E-state index contributed by atoms with van der Waals surface area (Å²) in [5.41, 5.74) is 5.25. The van der Waals surface area contributed by atoms with Gasteiger partial charge in [-0.05, 0) is 36.4 Å². The maximum Gasteiger partial charge on any atom is 0.311 e. The van der Waals surface area contributed by atoms with Gasteiger partial charge in [-0.15, -0.1) is 0 Å². The fourth-order valence-corrected chi connectivity index (χ4v) is 3.53. The van der Waals surface area contributed by atoms with Gasteiger partial charge in [0.2, 0.25) is 5.91 Å². The summed E-state index contributed by atoms with van der Waals surface area (Å²) in [6.07, 6.45) is -0.0395. The number of amides is 3. The molecule has 11 heteroatoms. The third-order valence-corrected chi connectivity index (χ3v) is 5.32. The molecule has 2 N–H and O–H groups in total. The van der Waals surface area contributed by atoms with Crippen molar-refractivity contribution >= 4 is 41.0 Å². The molecule has 1 saturated heterocycles. The normalized spacial score (nSPS) is 16.8. The van der Waals surface area contributed by atoms with Gasteiger partial charge in [0.15, 0.2) is 18.1 Å². The molecule has 10 nitrogen and oxygen atoms in total. The number of hydrazine groups is 1. The maximum atomic E-state index is 12.4. The maximum absolute atomic E-state index is 12.4. The first-order valence-electron chi connectivity index (χ1n) is 10.1. The SMILES string of the molecule is O=C(COC(=O)C1CC(=O)N(c2ccc3c(c2)OCCO3)C1)NNC(=O)c1ccc(Cl)cc1. The Morgan fingerprint density at radius 3 is 2.52 bits per heavy atom. The van der Waals surface area contributed by atoms with Crippen LogP contribution in [0.25, 0.3) is 0 Å². The minimum atomic E-state index is -0.723. The Balaban J connectivity index is 1.25. The molecule has 1 atom stereocenters. The van der Waals surface area contributed by atoms with E-state index >= 15 is 0 Å². The van der Waals surface area contributed by atoms with Crippen LogP contribution in [0, 0.1) is 5.92 Å². The van der Waals surface area contributed by atoms with E-state index in [9.17, 15) is 19.2 Å². The third kappa shape index (κ3) is 5.35. The Kier molecular flexibility index (Phi) is 6.64. The van der Waals surface area contributed by atoms with E-state index in [-0.39, 0.29) is 18.9 Å². The molecular weight excluding hydrogens is 454 g/mol. The highest BCUT2D eigenvalue weighted by Gasteiger charge is 2.36. The quantitative estimate of drug-likeness (QED) is 0.498. The van der Waals surface area contributed by atoms with Crippen molar-refractivity contribution in [2.45, 2.75) is 6.42 Å². The molecule has 2 aromatic carbocycles. The Morgan fingerprint density at radius 1 is 1.03 bits per heavy atom. The lowest BCUT2D eigenvalue weighted by Gasteiger charge is -2.22. The van der Waals surface area contributed by atoms with Crippen molar-refractivity contribution in [3.63, 3.8) is 0 Å². The number of nitrogens with one attached hydrogen (secondary N) is 2. The van der Waals surface area contributed by atoms with Crippen molar-refractivity contribution in [2.75, 3.05) is 31.3 Å². The number of ether oxygens (including phenoxy) is 3. The Hall–Kier alpha value is -3.79. The zero-order chi connectivity index (χ0) is 23.4. The number of fused-ring (bicyclic) bond motifs is 1. The molecule has 0 radical (unpaired) electrons. The molecular formula is C22H20ClN3O7. The van der Waals surface area contributed by atoms with E-state index in [2.05, 4.69) is 10.9 Å². The summed E-state index contributed by atoms with van der Waals surface area (Å²) in [4.78, 5) is 50.2. The molecule has 2 aliphatic heterocycles. The number of carbonyl (C=O) groups is 4. The van der Waals surface area contributed by atoms with Crippen LogP contribution >= 0.6 is 11.6 Å². The van der Waals surface area contributed by atoms with Crippen LogP contribution in [0.2, 0.25) is 5.02 Å². The zero-order valence-corrected chi connectivity index (χ0v) is 18.1. The van der Waals surface area contributed by atoms with Crippen molar-refractivity contribution in [2.24, 2.45) is 5.92 Å². The number of rotatable bonds is 5. The largest absolute Gasteiger partial charge is 0.486 e. The second kappa shape index (κ2) is 9.78. The molecule has 4 rings (SSSR count). The van der Waals surface area contributed by atoms with Gasteiger partial charge in [-0.1, -0.05) is 11.6 Å². The Morgan fingerprint density at radius 2 is 1.76 bits per heavy atom. The predicted molar refractivity (Wildman–Crippen MR) is 116 cm³/mol. The van der Waals surface area contributed by atoms with Gasteiger partial charge >= 0.3 is 5.97 Å². The smallest absolute Gasteiger partial charge is 0.311 e. The zero-order valence-electron chi connectivity index (χ0n) is 17.3. The lowest BCUT2D eigenvalue weighted by Crippen LogP contribution is -2.43. The van der Waals surface area contributed by atoms with Crippen LogP contribution in [-0.4, -0.2) is 50.1 Å². The van der Waals surface area contributed by atoms with E-state index in [1.807, 2.05) is 0 Å². The number of esters is 1. The summed E-state index contributed by atoms with van der Waals surface area (Å²) >= 11 is 5.77. The molecule has 2 aromatic rings. The summed E-state index contributed by atoms with van der Waals surface area (Å²) in [5.74, 6) is -1.78. The van der Waals surface area contributed by atoms with Crippen molar-refractivity contribution in [3.05, 3.63) is 53.1 Å². The predicted octanol–water partition coefficient (Wildman–Crippen LogP) is 1.47. The van der Waals surface area contributed by atoms with Crippen molar-refractivity contribution in [1.82, 2.24) is 10.9 Å². The molecule has 1 unspecified atom stereocenters. The average molecular weight is 474 g/mol. The Labute approximate surface area is 193 Å². The number of anilines is 1. The molecule has 0 saturated carbocycles. The van der Waals surface area contributed by atoms with Crippen LogP contribution in [0.4, 0.5) is 5.69 Å². The highest BCUT2D eigenvalue weighted by molar-refractivity contribution is 6.30. The first-order chi connectivity index (χ1) is 15.9. The van der Waals surface area contributed by atoms with Gasteiger partial charge in [-0.3, -0.25) is 30.0 Å². The number of hydrogen-bond acceptors (Lipinski definition) is 7. The average Bonchev–Trinajstić information content (AvgIpc) is 3.22. The fraction of sp³-hybridized carbons (Fsp3) is 0.273. The van der Waals surface area contributed by atoms with Gasteiger partial charge in [0, 0.05) is 35.3 Å². The molecule has 0 aliphatic carbocycles. The van der Waals surface area contributed by atoms with Crippen LogP contribution in [0.15, 0.2) is 42.5 Å². The standard InChI is InChI=1S/C22H20ClN3O7/c23-15-3-1-13(2-4-15)21(29)25-24-19(27)12-33-22(30)14-9-20(28)26(11-14)16-5-6-17-18(10-16)32-8-7-31-17/h1-6,10,14H,7-9,11-12H2,(H,24,27)(H,25,29). The van der Waals surface area contributed by atoms with Crippen LogP contribution < -0.4 is 25.2 Å². The van der Waals surface area contributed by atoms with E-state index in [4.69, 9.17) is 25.8 Å². The van der Waals surface area contributed by atoms with E-state index in [0.29, 0.717) is 41.0 Å². The second-order valence-electron chi connectivity index (χ2n) is 7.35. The summed E-state index contributed by atoms with van der Waals surface area (Å²) in [5, 5.41) is 0.473. The molecule has 0 spiro atoms. The van der Waals surface area contributed by atoms with Crippen molar-refractivity contribution in [3.8, 4) is 11.5 Å². The highest BCUT2D eigenvalue weighted by atomic mass is 35.5. The first kappa shape index (κ1) is 22.4. The molecule has 0 aromatic heterocycles. The van der Waals surface area contributed by atoms with E-state index in [1.165, 1.54) is 29.2 Å². The number of hydrogen-bond donors (Lipinski definition) is 2. The minimum Gasteiger partial charge on any atom is -0.486 e. The van der Waals surface area contributed by atoms with Gasteiger partial charge in [0.1, 0.15) is 13.2 Å². The number of nitrogens with zero attached hydrogens (tertiary/aromatic N) is 1. The molecule has 3 amide bonds. The van der Waals surface area contributed by atoms with Gasteiger partial charge in [0.25, 0.3) is 11.8 Å². The number of halogens is 1. The summed E-state index contributed by atoms with van der Waals surface area (Å²) in [7, 11) is 0. The lowest BCUT2D eigenvalue weighted by atomic mass is 10.1. The van der Waals surface area contributed by atoms with Crippen LogP contribution in [0.3, 0.4) is 0 Å². The molecule has 1 fully saturated rings. The fourth-order valence-electron chi connectivity index (χ4n) is 3.41. The monoisotopic (exact) mass is 473 g/mol. The Bertz CT molecular complexity index is 1090. The molecule has 172 valence electrons. The summed E-state index contributed by atoms with van der Waals surface area (Å²) in [6.45, 7) is 0.392. The van der Waals surface area contributed by atoms with Crippen molar-refractivity contribution in [1.29, 1.82) is 0 Å². The van der Waals surface area contributed by atoms with Gasteiger partial charge in [-0.2, -0.15) is 0 Å². The third-order valence-electron chi connectivity index (χ3n) is 5.06. The summed E-state index contributed by atoms with van der Waals surface area (Å²) in [6, 6.07) is 11.2. The summed E-state index contributed by atoms with van der Waals surface area (Å²) < 4.78 is 16.0. The van der Waals surface area contributed by atoms with E-state index in [1.54, 1.807) is 18.2 Å². The van der Waals surface area contributed by atoms with Crippen LogP contribution in [0.5, 0.6) is 11.5 Å². The second-order valence-corrected chi connectivity index (χ2v) is 7.79. The highest BCUT2D eigenvalue weighted by Crippen LogP contribution is 2.36. The van der Waals surface area contributed by atoms with Gasteiger partial charge < -0.3 is 19.1 Å². The van der Waals surface area contributed by atoms with Gasteiger partial charge in [0.05, 0.1) is 5.92 Å². The van der Waals surface area contributed by atoms with Gasteiger partial charge in [-0.25, -0.2) is 0 Å². The first-order valence-corrected chi connectivity index (χ1v) is 10.5. The lowest BCUT2D eigenvalue weighted by molar-refractivity contribution is -0.152. The molecule has 2 aliphatic rings. The van der Waals surface area contributed by atoms with E-state index < -0.39 is 30.3 Å². The number of carbonyl (C=O) groups excluding carboxylic acids is 4. The van der Waals surface area contributed by atoms with E-state index in [0.717, 1.165) is 0 Å². The molecule has 33 heavy (non-hydrogen) atoms.